The minimum atomic E-state index is -0.259. The largest absolute Gasteiger partial charge is 0.497 e. The Morgan fingerprint density at radius 1 is 1.24 bits per heavy atom. The lowest BCUT2D eigenvalue weighted by Crippen LogP contribution is -2.37. The summed E-state index contributed by atoms with van der Waals surface area (Å²) in [6.07, 6.45) is 4.95. The highest BCUT2D eigenvalue weighted by atomic mass is 16.5. The quantitative estimate of drug-likeness (QED) is 0.860. The summed E-state index contributed by atoms with van der Waals surface area (Å²) in [5, 5.41) is 11.1. The van der Waals surface area contributed by atoms with E-state index in [9.17, 15) is 4.79 Å². The number of methoxy groups -OCH3 is 1. The van der Waals surface area contributed by atoms with Crippen molar-refractivity contribution in [1.29, 1.82) is 0 Å². The van der Waals surface area contributed by atoms with Crippen molar-refractivity contribution in [1.82, 2.24) is 25.4 Å². The first-order chi connectivity index (χ1) is 12.2. The third kappa shape index (κ3) is 3.56. The molecule has 4 rings (SSSR count). The lowest BCUT2D eigenvalue weighted by atomic mass is 10.1. The van der Waals surface area contributed by atoms with E-state index in [0.717, 1.165) is 6.54 Å². The van der Waals surface area contributed by atoms with Gasteiger partial charge in [-0.3, -0.25) is 4.79 Å². The fraction of sp³-hybridized carbons (Fsp3) is 0.556. The van der Waals surface area contributed by atoms with Crippen LogP contribution in [0.15, 0.2) is 18.2 Å². The summed E-state index contributed by atoms with van der Waals surface area (Å²) >= 11 is 0. The molecule has 0 atom stereocenters. The molecular weight excluding hydrogens is 318 g/mol. The van der Waals surface area contributed by atoms with Crippen LogP contribution in [-0.4, -0.2) is 59.3 Å². The van der Waals surface area contributed by atoms with Gasteiger partial charge in [0.1, 0.15) is 11.3 Å². The number of nitrogens with zero attached hydrogens (tertiary/aromatic N) is 4. The Morgan fingerprint density at radius 3 is 2.76 bits per heavy atom. The molecule has 0 bridgehead atoms. The van der Waals surface area contributed by atoms with E-state index in [-0.39, 0.29) is 17.1 Å². The SMILES string of the molecule is COc1ccc2nnc(C(=O)NCC3(CN4CCCC4)CC3)nc2c1. The number of nitrogens with one attached hydrogen (secondary N) is 1. The van der Waals surface area contributed by atoms with Gasteiger partial charge in [0.25, 0.3) is 5.91 Å². The van der Waals surface area contributed by atoms with Gasteiger partial charge in [0, 0.05) is 24.6 Å². The number of carbonyl (C=O) groups excluding carboxylic acids is 1. The van der Waals surface area contributed by atoms with Gasteiger partial charge >= 0.3 is 0 Å². The molecule has 0 spiro atoms. The second-order valence-corrected chi connectivity index (χ2v) is 7.16. The zero-order valence-corrected chi connectivity index (χ0v) is 14.5. The highest BCUT2D eigenvalue weighted by Crippen LogP contribution is 2.46. The molecule has 25 heavy (non-hydrogen) atoms. The fourth-order valence-electron chi connectivity index (χ4n) is 3.47. The van der Waals surface area contributed by atoms with Gasteiger partial charge in [-0.1, -0.05) is 0 Å². The Labute approximate surface area is 146 Å². The first kappa shape index (κ1) is 16.2. The summed E-state index contributed by atoms with van der Waals surface area (Å²) in [7, 11) is 1.60. The Bertz CT molecular complexity index is 784. The average molecular weight is 341 g/mol. The number of rotatable bonds is 6. The van der Waals surface area contributed by atoms with Crippen LogP contribution in [0.1, 0.15) is 36.3 Å². The van der Waals surface area contributed by atoms with Crippen LogP contribution in [0.4, 0.5) is 0 Å². The molecule has 1 saturated heterocycles. The summed E-state index contributed by atoms with van der Waals surface area (Å²) in [5.74, 6) is 0.532. The maximum absolute atomic E-state index is 12.4. The molecular formula is C18H23N5O2. The number of fused-ring (bicyclic) bond motifs is 1. The van der Waals surface area contributed by atoms with Crippen molar-refractivity contribution in [2.75, 3.05) is 33.3 Å². The standard InChI is InChI=1S/C18H23N5O2/c1-25-13-4-5-14-15(10-13)20-16(22-21-14)17(24)19-11-18(6-7-18)12-23-8-2-3-9-23/h4-5,10H,2-3,6-9,11-12H2,1H3,(H,19,24). The first-order valence-corrected chi connectivity index (χ1v) is 8.87. The van der Waals surface area contributed by atoms with Crippen LogP contribution in [0.5, 0.6) is 5.75 Å². The van der Waals surface area contributed by atoms with Gasteiger partial charge in [-0.2, -0.15) is 0 Å². The van der Waals surface area contributed by atoms with E-state index >= 15 is 0 Å². The third-order valence-corrected chi connectivity index (χ3v) is 5.20. The van der Waals surface area contributed by atoms with Gasteiger partial charge in [-0.05, 0) is 50.9 Å². The number of ether oxygens (including phenoxy) is 1. The minimum absolute atomic E-state index is 0.109. The Hall–Kier alpha value is -2.28. The van der Waals surface area contributed by atoms with Crippen molar-refractivity contribution >= 4 is 16.9 Å². The highest BCUT2D eigenvalue weighted by Gasteiger charge is 2.44. The maximum Gasteiger partial charge on any atom is 0.291 e. The lowest BCUT2D eigenvalue weighted by molar-refractivity contribution is 0.0929. The number of benzene rings is 1. The Balaban J connectivity index is 1.41. The Kier molecular flexibility index (Phi) is 4.25. The van der Waals surface area contributed by atoms with Crippen molar-refractivity contribution in [2.45, 2.75) is 25.7 Å². The van der Waals surface area contributed by atoms with Crippen LogP contribution >= 0.6 is 0 Å². The van der Waals surface area contributed by atoms with Crippen molar-refractivity contribution in [3.05, 3.63) is 24.0 Å². The molecule has 1 aliphatic heterocycles. The summed E-state index contributed by atoms with van der Waals surface area (Å²) in [5.41, 5.74) is 1.50. The predicted molar refractivity (Wildman–Crippen MR) is 93.6 cm³/mol. The van der Waals surface area contributed by atoms with Crippen molar-refractivity contribution in [3.8, 4) is 5.75 Å². The summed E-state index contributed by atoms with van der Waals surface area (Å²) in [6.45, 7) is 4.15. The molecule has 1 aliphatic carbocycles. The average Bonchev–Trinajstić information content (AvgIpc) is 3.21. The molecule has 7 nitrogen and oxygen atoms in total. The Morgan fingerprint density at radius 2 is 2.04 bits per heavy atom. The molecule has 1 aromatic carbocycles. The van der Waals surface area contributed by atoms with Crippen LogP contribution in [0.3, 0.4) is 0 Å². The lowest BCUT2D eigenvalue weighted by Gasteiger charge is -2.23. The van der Waals surface area contributed by atoms with Gasteiger partial charge in [0.15, 0.2) is 0 Å². The molecule has 132 valence electrons. The van der Waals surface area contributed by atoms with E-state index in [4.69, 9.17) is 4.74 Å². The van der Waals surface area contributed by atoms with E-state index in [1.54, 1.807) is 25.3 Å². The summed E-state index contributed by atoms with van der Waals surface area (Å²) < 4.78 is 5.19. The van der Waals surface area contributed by atoms with E-state index in [1.165, 1.54) is 38.8 Å². The van der Waals surface area contributed by atoms with Gasteiger partial charge in [-0.15, -0.1) is 10.2 Å². The highest BCUT2D eigenvalue weighted by molar-refractivity contribution is 5.92. The van der Waals surface area contributed by atoms with E-state index in [0.29, 0.717) is 23.3 Å². The van der Waals surface area contributed by atoms with Gasteiger partial charge in [0.05, 0.1) is 12.6 Å². The summed E-state index contributed by atoms with van der Waals surface area (Å²) in [6, 6.07) is 5.34. The smallest absolute Gasteiger partial charge is 0.291 e. The number of likely N-dealkylation sites (tertiary alicyclic amines) is 1. The molecule has 1 saturated carbocycles. The molecule has 2 aliphatic rings. The zero-order chi connectivity index (χ0) is 17.3. The second-order valence-electron chi connectivity index (χ2n) is 7.16. The van der Waals surface area contributed by atoms with E-state index in [1.807, 2.05) is 0 Å². The molecule has 2 fully saturated rings. The normalized spacial score (nSPS) is 19.1. The van der Waals surface area contributed by atoms with Gasteiger partial charge in [0.2, 0.25) is 5.82 Å². The van der Waals surface area contributed by atoms with E-state index in [2.05, 4.69) is 25.4 Å². The van der Waals surface area contributed by atoms with Gasteiger partial charge in [-0.25, -0.2) is 4.98 Å². The van der Waals surface area contributed by atoms with Crippen molar-refractivity contribution < 1.29 is 9.53 Å². The van der Waals surface area contributed by atoms with Crippen LogP contribution in [0.2, 0.25) is 0 Å². The fourth-order valence-corrected chi connectivity index (χ4v) is 3.47. The molecule has 1 amide bonds. The summed E-state index contributed by atoms with van der Waals surface area (Å²) in [4.78, 5) is 19.3. The van der Waals surface area contributed by atoms with Crippen molar-refractivity contribution in [2.24, 2.45) is 5.41 Å². The van der Waals surface area contributed by atoms with Crippen molar-refractivity contribution in [3.63, 3.8) is 0 Å². The predicted octanol–water partition coefficient (Wildman–Crippen LogP) is 1.64. The second kappa shape index (κ2) is 6.55. The molecule has 0 unspecified atom stereocenters. The zero-order valence-electron chi connectivity index (χ0n) is 14.5. The van der Waals surface area contributed by atoms with Crippen LogP contribution < -0.4 is 10.1 Å². The van der Waals surface area contributed by atoms with Crippen LogP contribution in [-0.2, 0) is 0 Å². The molecule has 1 aromatic heterocycles. The minimum Gasteiger partial charge on any atom is -0.497 e. The molecule has 0 radical (unpaired) electrons. The molecule has 1 N–H and O–H groups in total. The number of aromatic nitrogens is 3. The van der Waals surface area contributed by atoms with E-state index < -0.39 is 0 Å². The van der Waals surface area contributed by atoms with Crippen LogP contribution in [0, 0.1) is 5.41 Å². The number of amides is 1. The number of hydrogen-bond donors (Lipinski definition) is 1. The topological polar surface area (TPSA) is 80.2 Å². The monoisotopic (exact) mass is 341 g/mol. The number of carbonyl (C=O) groups is 1. The maximum atomic E-state index is 12.4. The third-order valence-electron chi connectivity index (χ3n) is 5.20. The van der Waals surface area contributed by atoms with Crippen LogP contribution in [0.25, 0.3) is 11.0 Å². The molecule has 2 heterocycles. The molecule has 2 aromatic rings. The van der Waals surface area contributed by atoms with Gasteiger partial charge < -0.3 is 15.0 Å². The molecule has 7 heteroatoms. The number of hydrogen-bond acceptors (Lipinski definition) is 6. The first-order valence-electron chi connectivity index (χ1n) is 8.87.